The highest BCUT2D eigenvalue weighted by Gasteiger charge is 2.23. The first-order valence-corrected chi connectivity index (χ1v) is 8.92. The molecule has 2 N–H and O–H groups in total. The Labute approximate surface area is 134 Å². The van der Waals surface area contributed by atoms with E-state index in [-0.39, 0.29) is 13.6 Å². The zero-order valence-electron chi connectivity index (χ0n) is 11.2. The molecular formula is C13H12BrNO4S2. The molecule has 0 aliphatic heterocycles. The van der Waals surface area contributed by atoms with Crippen LogP contribution in [0.15, 0.2) is 32.9 Å². The van der Waals surface area contributed by atoms with Crippen molar-refractivity contribution < 1.29 is 18.3 Å². The molecule has 112 valence electrons. The van der Waals surface area contributed by atoms with Crippen LogP contribution in [0, 0.1) is 13.8 Å². The summed E-state index contributed by atoms with van der Waals surface area (Å²) in [4.78, 5) is 10.8. The quantitative estimate of drug-likeness (QED) is 0.835. The number of aromatic carboxylic acids is 1. The van der Waals surface area contributed by atoms with Gasteiger partial charge in [0.05, 0.1) is 3.79 Å². The molecule has 5 nitrogen and oxygen atoms in total. The Kier molecular flexibility index (Phi) is 4.40. The Hall–Kier alpha value is -1.38. The summed E-state index contributed by atoms with van der Waals surface area (Å²) >= 11 is 3.96. The van der Waals surface area contributed by atoms with Crippen molar-refractivity contribution >= 4 is 48.9 Å². The monoisotopic (exact) mass is 389 g/mol. The van der Waals surface area contributed by atoms with Crippen molar-refractivity contribution in [3.05, 3.63) is 44.1 Å². The van der Waals surface area contributed by atoms with E-state index < -0.39 is 16.0 Å². The van der Waals surface area contributed by atoms with Gasteiger partial charge in [-0.2, -0.15) is 0 Å². The highest BCUT2D eigenvalue weighted by atomic mass is 79.9. The van der Waals surface area contributed by atoms with Crippen molar-refractivity contribution in [2.45, 2.75) is 18.7 Å². The maximum atomic E-state index is 12.3. The molecule has 1 aromatic carbocycles. The molecule has 1 heterocycles. The van der Waals surface area contributed by atoms with Crippen LogP contribution >= 0.6 is 27.3 Å². The molecule has 0 fully saturated rings. The second kappa shape index (κ2) is 5.78. The lowest BCUT2D eigenvalue weighted by Crippen LogP contribution is -2.13. The topological polar surface area (TPSA) is 83.5 Å². The van der Waals surface area contributed by atoms with Gasteiger partial charge in [0.15, 0.2) is 0 Å². The van der Waals surface area contributed by atoms with Gasteiger partial charge in [-0.15, -0.1) is 11.3 Å². The van der Waals surface area contributed by atoms with Crippen LogP contribution in [0.2, 0.25) is 0 Å². The first-order valence-electron chi connectivity index (χ1n) is 5.83. The van der Waals surface area contributed by atoms with Gasteiger partial charge in [0.25, 0.3) is 10.0 Å². The Morgan fingerprint density at radius 3 is 2.43 bits per heavy atom. The van der Waals surface area contributed by atoms with E-state index >= 15 is 0 Å². The van der Waals surface area contributed by atoms with E-state index in [4.69, 9.17) is 5.11 Å². The van der Waals surface area contributed by atoms with Crippen molar-refractivity contribution in [3.8, 4) is 0 Å². The third-order valence-electron chi connectivity index (χ3n) is 2.91. The van der Waals surface area contributed by atoms with E-state index in [2.05, 4.69) is 20.7 Å². The number of benzene rings is 1. The molecule has 2 aromatic rings. The molecule has 0 aliphatic rings. The maximum Gasteiger partial charge on any atom is 0.345 e. The highest BCUT2D eigenvalue weighted by Crippen LogP contribution is 2.33. The summed E-state index contributed by atoms with van der Waals surface area (Å²) in [6.45, 7) is 3.82. The number of nitrogens with one attached hydrogen (secondary N) is 1. The molecule has 0 unspecified atom stereocenters. The van der Waals surface area contributed by atoms with Crippen LogP contribution in [0.25, 0.3) is 0 Å². The van der Waals surface area contributed by atoms with Crippen LogP contribution in [0.5, 0.6) is 0 Å². The molecule has 2 rings (SSSR count). The van der Waals surface area contributed by atoms with Crippen molar-refractivity contribution in [1.82, 2.24) is 0 Å². The number of hydrogen-bond donors (Lipinski definition) is 2. The summed E-state index contributed by atoms with van der Waals surface area (Å²) in [6, 6.07) is 6.35. The van der Waals surface area contributed by atoms with Gasteiger partial charge in [-0.3, -0.25) is 4.72 Å². The molecule has 0 amide bonds. The Balaban J connectivity index is 2.38. The fourth-order valence-electron chi connectivity index (χ4n) is 1.66. The third kappa shape index (κ3) is 3.45. The van der Waals surface area contributed by atoms with Gasteiger partial charge in [0.2, 0.25) is 0 Å². The van der Waals surface area contributed by atoms with Gasteiger partial charge < -0.3 is 5.11 Å². The van der Waals surface area contributed by atoms with Crippen LogP contribution < -0.4 is 4.72 Å². The molecule has 0 spiro atoms. The van der Waals surface area contributed by atoms with E-state index in [1.165, 1.54) is 0 Å². The van der Waals surface area contributed by atoms with Crippen molar-refractivity contribution in [2.24, 2.45) is 0 Å². The normalized spacial score (nSPS) is 11.4. The zero-order chi connectivity index (χ0) is 15.8. The highest BCUT2D eigenvalue weighted by molar-refractivity contribution is 9.11. The standard InChI is InChI=1S/C13H12BrNO4S2/c1-7-3-4-9(5-8(7)2)15-21(18,19)11-6-10(13(16)17)20-12(11)14/h3-6,15H,1-2H3,(H,16,17). The van der Waals surface area contributed by atoms with E-state index in [0.29, 0.717) is 5.69 Å². The van der Waals surface area contributed by atoms with Crippen molar-refractivity contribution in [1.29, 1.82) is 0 Å². The zero-order valence-corrected chi connectivity index (χ0v) is 14.4. The molecule has 0 saturated carbocycles. The predicted molar refractivity (Wildman–Crippen MR) is 85.7 cm³/mol. The lowest BCUT2D eigenvalue weighted by atomic mass is 10.1. The van der Waals surface area contributed by atoms with Gasteiger partial charge in [-0.1, -0.05) is 6.07 Å². The number of halogens is 1. The predicted octanol–water partition coefficient (Wildman–Crippen LogP) is 3.63. The average Bonchev–Trinajstić information content (AvgIpc) is 2.77. The molecule has 1 aromatic heterocycles. The Morgan fingerprint density at radius 2 is 1.90 bits per heavy atom. The summed E-state index contributed by atoms with van der Waals surface area (Å²) in [7, 11) is -3.84. The molecule has 0 saturated heterocycles. The number of carboxylic acid groups (broad SMARTS) is 1. The number of thiophene rings is 1. The summed E-state index contributed by atoms with van der Waals surface area (Å²) in [5.74, 6) is -1.16. The molecule has 0 radical (unpaired) electrons. The number of aryl methyl sites for hydroxylation is 2. The number of carbonyl (C=O) groups is 1. The SMILES string of the molecule is Cc1ccc(NS(=O)(=O)c2cc(C(=O)O)sc2Br)cc1C. The number of anilines is 1. The largest absolute Gasteiger partial charge is 0.477 e. The lowest BCUT2D eigenvalue weighted by Gasteiger charge is -2.09. The Morgan fingerprint density at radius 1 is 1.24 bits per heavy atom. The smallest absolute Gasteiger partial charge is 0.345 e. The van der Waals surface area contributed by atoms with E-state index in [1.807, 2.05) is 19.9 Å². The van der Waals surface area contributed by atoms with Crippen LogP contribution in [0.4, 0.5) is 5.69 Å². The summed E-state index contributed by atoms with van der Waals surface area (Å²) < 4.78 is 27.4. The maximum absolute atomic E-state index is 12.3. The fourth-order valence-corrected chi connectivity index (χ4v) is 5.11. The minimum Gasteiger partial charge on any atom is -0.477 e. The minimum atomic E-state index is -3.84. The lowest BCUT2D eigenvalue weighted by molar-refractivity contribution is 0.0702. The number of rotatable bonds is 4. The van der Waals surface area contributed by atoms with Crippen LogP contribution in [-0.2, 0) is 10.0 Å². The minimum absolute atomic E-state index is 0.0395. The van der Waals surface area contributed by atoms with Gasteiger partial charge >= 0.3 is 5.97 Å². The summed E-state index contributed by atoms with van der Waals surface area (Å²) in [5.41, 5.74) is 2.46. The first kappa shape index (κ1) is 16.0. The number of sulfonamides is 1. The second-order valence-electron chi connectivity index (χ2n) is 4.46. The van der Waals surface area contributed by atoms with E-state index in [1.54, 1.807) is 12.1 Å². The molecule has 21 heavy (non-hydrogen) atoms. The first-order chi connectivity index (χ1) is 9.70. The van der Waals surface area contributed by atoms with E-state index in [0.717, 1.165) is 28.5 Å². The third-order valence-corrected chi connectivity index (χ3v) is 6.54. The summed E-state index contributed by atoms with van der Waals surface area (Å²) in [6.07, 6.45) is 0. The van der Waals surface area contributed by atoms with Gasteiger partial charge in [0, 0.05) is 5.69 Å². The molecule has 0 atom stereocenters. The number of carboxylic acids is 1. The summed E-state index contributed by atoms with van der Waals surface area (Å²) in [5, 5.41) is 8.92. The number of hydrogen-bond acceptors (Lipinski definition) is 4. The van der Waals surface area contributed by atoms with Crippen LogP contribution in [-0.4, -0.2) is 19.5 Å². The van der Waals surface area contributed by atoms with Crippen LogP contribution in [0.1, 0.15) is 20.8 Å². The molecule has 8 heteroatoms. The Bertz CT molecular complexity index is 812. The van der Waals surface area contributed by atoms with Gasteiger partial charge in [0.1, 0.15) is 9.77 Å². The molecular weight excluding hydrogens is 378 g/mol. The molecule has 0 aliphatic carbocycles. The van der Waals surface area contributed by atoms with Crippen molar-refractivity contribution in [2.75, 3.05) is 4.72 Å². The molecule has 0 bridgehead atoms. The second-order valence-corrected chi connectivity index (χ2v) is 8.48. The van der Waals surface area contributed by atoms with Gasteiger partial charge in [-0.25, -0.2) is 13.2 Å². The fraction of sp³-hybridized carbons (Fsp3) is 0.154. The average molecular weight is 390 g/mol. The van der Waals surface area contributed by atoms with Gasteiger partial charge in [-0.05, 0) is 59.1 Å². The van der Waals surface area contributed by atoms with Crippen LogP contribution in [0.3, 0.4) is 0 Å². The van der Waals surface area contributed by atoms with Crippen molar-refractivity contribution in [3.63, 3.8) is 0 Å². The van der Waals surface area contributed by atoms with E-state index in [9.17, 15) is 13.2 Å².